The monoisotopic (exact) mass is 503 g/mol. The minimum Gasteiger partial charge on any atom is -0.358 e. The molecule has 6 nitrogen and oxygen atoms in total. The van der Waals surface area contributed by atoms with Crippen LogP contribution in [0.3, 0.4) is 0 Å². The number of amides is 1. The summed E-state index contributed by atoms with van der Waals surface area (Å²) in [6, 6.07) is 19.9. The molecule has 2 N–H and O–H groups in total. The van der Waals surface area contributed by atoms with Gasteiger partial charge in [0.15, 0.2) is 0 Å². The molecule has 0 bridgehead atoms. The maximum absolute atomic E-state index is 13.2. The van der Waals surface area contributed by atoms with Gasteiger partial charge in [-0.05, 0) is 66.3 Å². The number of carbonyl (C=O) groups is 1. The van der Waals surface area contributed by atoms with E-state index in [-0.39, 0.29) is 27.4 Å². The van der Waals surface area contributed by atoms with E-state index in [9.17, 15) is 4.79 Å². The van der Waals surface area contributed by atoms with Gasteiger partial charge in [-0.2, -0.15) is 0 Å². The summed E-state index contributed by atoms with van der Waals surface area (Å²) >= 11 is 12.9. The molecule has 0 aliphatic heterocycles. The third kappa shape index (κ3) is 4.67. The number of carbonyl (C=O) groups excluding carboxylic acids is 1. The van der Waals surface area contributed by atoms with E-state index >= 15 is 0 Å². The number of halogens is 2. The number of nitrogens with one attached hydrogen (secondary N) is 2. The molecule has 0 radical (unpaired) electrons. The average molecular weight is 504 g/mol. The second kappa shape index (κ2) is 9.56. The van der Waals surface area contributed by atoms with Crippen LogP contribution in [0.2, 0.25) is 10.0 Å². The van der Waals surface area contributed by atoms with Crippen molar-refractivity contribution in [2.75, 3.05) is 6.54 Å². The smallest absolute Gasteiger partial charge is 0.254 e. The van der Waals surface area contributed by atoms with Gasteiger partial charge in [0.05, 0.1) is 21.3 Å². The molecular weight excluding hydrogens is 481 g/mol. The summed E-state index contributed by atoms with van der Waals surface area (Å²) in [5.74, 6) is -0.416. The maximum Gasteiger partial charge on any atom is 0.254 e. The largest absolute Gasteiger partial charge is 0.358 e. The van der Waals surface area contributed by atoms with E-state index in [1.54, 1.807) is 16.7 Å². The lowest BCUT2D eigenvalue weighted by Gasteiger charge is -2.18. The van der Waals surface area contributed by atoms with Crippen LogP contribution in [0.5, 0.6) is 0 Å². The van der Waals surface area contributed by atoms with Crippen LogP contribution in [-0.4, -0.2) is 32.2 Å². The number of aromatic nitrogens is 4. The zero-order valence-corrected chi connectivity index (χ0v) is 20.7. The first-order chi connectivity index (χ1) is 16.9. The highest BCUT2D eigenvalue weighted by Gasteiger charge is 2.21. The lowest BCUT2D eigenvalue weighted by atomic mass is 9.95. The molecule has 5 rings (SSSR count). The molecule has 0 spiro atoms. The highest BCUT2D eigenvalue weighted by molar-refractivity contribution is 6.40. The maximum atomic E-state index is 13.2. The van der Waals surface area contributed by atoms with Gasteiger partial charge in [-0.25, -0.2) is 0 Å². The lowest BCUT2D eigenvalue weighted by Crippen LogP contribution is -2.29. The summed E-state index contributed by atoms with van der Waals surface area (Å²) in [6.07, 6.45) is 3.07. The normalized spacial score (nSPS) is 12.1. The van der Waals surface area contributed by atoms with Gasteiger partial charge in [-0.15, -0.1) is 10.2 Å². The number of H-pyrrole nitrogens is 1. The van der Waals surface area contributed by atoms with Crippen molar-refractivity contribution in [2.24, 2.45) is 0 Å². The summed E-state index contributed by atoms with van der Waals surface area (Å²) < 4.78 is 1.67. The van der Waals surface area contributed by atoms with Crippen molar-refractivity contribution in [2.45, 2.75) is 19.8 Å². The Hall–Kier alpha value is -3.61. The Morgan fingerprint density at radius 3 is 2.31 bits per heavy atom. The SMILES string of the molecule is Cc1cc2cc([C@@H](CNC(=O)c3c(Cl)cc(-n4cnnc4)cc3Cl)c3ccccc3)[nH]c2cc1C. The number of aryl methyl sites for hydroxylation is 2. The number of nitrogens with zero attached hydrogens (tertiary/aromatic N) is 3. The van der Waals surface area contributed by atoms with Crippen molar-refractivity contribution in [1.82, 2.24) is 25.1 Å². The molecule has 8 heteroatoms. The van der Waals surface area contributed by atoms with Gasteiger partial charge in [0, 0.05) is 23.7 Å². The van der Waals surface area contributed by atoms with Crippen molar-refractivity contribution < 1.29 is 4.79 Å². The van der Waals surface area contributed by atoms with Gasteiger partial charge in [-0.3, -0.25) is 9.36 Å². The molecule has 5 aromatic rings. The molecule has 0 aliphatic carbocycles. The molecule has 0 saturated heterocycles. The highest BCUT2D eigenvalue weighted by atomic mass is 35.5. The van der Waals surface area contributed by atoms with E-state index in [1.165, 1.54) is 23.8 Å². The first kappa shape index (κ1) is 23.1. The van der Waals surface area contributed by atoms with Crippen molar-refractivity contribution >= 4 is 40.0 Å². The van der Waals surface area contributed by atoms with Crippen molar-refractivity contribution in [1.29, 1.82) is 0 Å². The molecule has 2 aromatic heterocycles. The fourth-order valence-corrected chi connectivity index (χ4v) is 4.90. The molecule has 1 amide bonds. The summed E-state index contributed by atoms with van der Waals surface area (Å²) in [6.45, 7) is 4.58. The van der Waals surface area contributed by atoms with Crippen LogP contribution in [0.25, 0.3) is 16.6 Å². The van der Waals surface area contributed by atoms with Crippen molar-refractivity contribution in [3.63, 3.8) is 0 Å². The Labute approximate surface area is 212 Å². The van der Waals surface area contributed by atoms with Crippen LogP contribution < -0.4 is 5.32 Å². The Bertz CT molecular complexity index is 1450. The first-order valence-corrected chi connectivity index (χ1v) is 11.9. The Kier molecular flexibility index (Phi) is 6.32. The summed E-state index contributed by atoms with van der Waals surface area (Å²) in [4.78, 5) is 16.7. The second-order valence-electron chi connectivity index (χ2n) is 8.58. The molecule has 0 unspecified atom stereocenters. The number of hydrogen-bond acceptors (Lipinski definition) is 3. The quantitative estimate of drug-likeness (QED) is 0.288. The van der Waals surface area contributed by atoms with Crippen LogP contribution in [0, 0.1) is 13.8 Å². The van der Waals surface area contributed by atoms with E-state index < -0.39 is 0 Å². The average Bonchev–Trinajstić information content (AvgIpc) is 3.50. The number of benzene rings is 3. The van der Waals surface area contributed by atoms with Crippen molar-refractivity contribution in [3.05, 3.63) is 111 Å². The Morgan fingerprint density at radius 2 is 1.63 bits per heavy atom. The molecule has 0 aliphatic rings. The lowest BCUT2D eigenvalue weighted by molar-refractivity contribution is 0.0952. The van der Waals surface area contributed by atoms with Crippen LogP contribution in [0.1, 0.15) is 38.7 Å². The van der Waals surface area contributed by atoms with Crippen LogP contribution >= 0.6 is 23.2 Å². The minimum absolute atomic E-state index is 0.0815. The van der Waals surface area contributed by atoms with Crippen LogP contribution in [0.15, 0.2) is 73.3 Å². The molecule has 3 aromatic carbocycles. The topological polar surface area (TPSA) is 75.6 Å². The van der Waals surface area contributed by atoms with Gasteiger partial charge in [0.2, 0.25) is 0 Å². The van der Waals surface area contributed by atoms with Crippen molar-refractivity contribution in [3.8, 4) is 5.69 Å². The summed E-state index contributed by atoms with van der Waals surface area (Å²) in [7, 11) is 0. The van der Waals surface area contributed by atoms with Gasteiger partial charge in [0.25, 0.3) is 5.91 Å². The third-order valence-electron chi connectivity index (χ3n) is 6.27. The Balaban J connectivity index is 1.44. The summed E-state index contributed by atoms with van der Waals surface area (Å²) in [5, 5.41) is 12.3. The second-order valence-corrected chi connectivity index (χ2v) is 9.39. The zero-order valence-electron chi connectivity index (χ0n) is 19.2. The van der Waals surface area contributed by atoms with E-state index in [4.69, 9.17) is 23.2 Å². The molecule has 35 heavy (non-hydrogen) atoms. The standard InChI is InChI=1S/C27H23Cl2N5O/c1-16-8-19-10-25(33-24(19)9-17(16)2)21(18-6-4-3-5-7-18)13-30-27(35)26-22(28)11-20(12-23(26)29)34-14-31-32-15-34/h3-12,14-15,21,33H,13H2,1-2H3,(H,30,35)/t21-/m0/s1. The van der Waals surface area contributed by atoms with Gasteiger partial charge in [-0.1, -0.05) is 53.5 Å². The number of aromatic amines is 1. The predicted octanol–water partition coefficient (Wildman–Crippen LogP) is 6.23. The molecule has 176 valence electrons. The number of fused-ring (bicyclic) bond motifs is 1. The van der Waals surface area contributed by atoms with Gasteiger partial charge in [0.1, 0.15) is 12.7 Å². The summed E-state index contributed by atoms with van der Waals surface area (Å²) in [5.41, 5.74) is 6.57. The molecule has 2 heterocycles. The first-order valence-electron chi connectivity index (χ1n) is 11.2. The fraction of sp³-hybridized carbons (Fsp3) is 0.148. The number of rotatable bonds is 6. The molecule has 0 saturated carbocycles. The van der Waals surface area contributed by atoms with E-state index in [0.29, 0.717) is 12.2 Å². The van der Waals surface area contributed by atoms with E-state index in [0.717, 1.165) is 22.2 Å². The molecular formula is C27H23Cl2N5O. The fourth-order valence-electron chi connectivity index (χ4n) is 4.25. The molecule has 0 fully saturated rings. The van der Waals surface area contributed by atoms with E-state index in [2.05, 4.69) is 64.7 Å². The Morgan fingerprint density at radius 1 is 0.971 bits per heavy atom. The van der Waals surface area contributed by atoms with Gasteiger partial charge >= 0.3 is 0 Å². The zero-order chi connectivity index (χ0) is 24.5. The molecule has 1 atom stereocenters. The number of hydrogen-bond donors (Lipinski definition) is 2. The third-order valence-corrected chi connectivity index (χ3v) is 6.87. The van der Waals surface area contributed by atoms with Crippen LogP contribution in [-0.2, 0) is 0 Å². The highest BCUT2D eigenvalue weighted by Crippen LogP contribution is 2.30. The van der Waals surface area contributed by atoms with Gasteiger partial charge < -0.3 is 10.3 Å². The predicted molar refractivity (Wildman–Crippen MR) is 140 cm³/mol. The van der Waals surface area contributed by atoms with E-state index in [1.807, 2.05) is 18.2 Å². The minimum atomic E-state index is -0.334. The van der Waals surface area contributed by atoms with Crippen LogP contribution in [0.4, 0.5) is 0 Å².